The molecule has 0 bridgehead atoms. The van der Waals surface area contributed by atoms with Gasteiger partial charge in [0.15, 0.2) is 0 Å². The molecule has 0 N–H and O–H groups in total. The molecule has 1 aliphatic heterocycles. The van der Waals surface area contributed by atoms with Crippen molar-refractivity contribution in [1.82, 2.24) is 4.31 Å². The van der Waals surface area contributed by atoms with Gasteiger partial charge in [0, 0.05) is 0 Å². The third-order valence-electron chi connectivity index (χ3n) is 3.84. The Morgan fingerprint density at radius 2 is 1.77 bits per heavy atom. The van der Waals surface area contributed by atoms with Crippen molar-refractivity contribution in [3.63, 3.8) is 0 Å². The van der Waals surface area contributed by atoms with E-state index < -0.39 is 21.9 Å². The van der Waals surface area contributed by atoms with Gasteiger partial charge in [-0.3, -0.25) is 4.79 Å². The Kier molecular flexibility index (Phi) is 4.94. The van der Waals surface area contributed by atoms with Crippen molar-refractivity contribution in [3.05, 3.63) is 59.7 Å². The number of hydrogen-bond acceptors (Lipinski definition) is 6. The van der Waals surface area contributed by atoms with E-state index in [9.17, 15) is 18.0 Å². The van der Waals surface area contributed by atoms with E-state index in [1.165, 1.54) is 12.1 Å². The van der Waals surface area contributed by atoms with Crippen molar-refractivity contribution in [3.8, 4) is 5.75 Å². The molecule has 7 nitrogen and oxygen atoms in total. The highest BCUT2D eigenvalue weighted by molar-refractivity contribution is 7.90. The fraction of sp³-hybridized carbons (Fsp3) is 0.222. The number of amides is 1. The van der Waals surface area contributed by atoms with Crippen LogP contribution in [0.5, 0.6) is 5.75 Å². The van der Waals surface area contributed by atoms with E-state index in [0.29, 0.717) is 11.3 Å². The summed E-state index contributed by atoms with van der Waals surface area (Å²) in [4.78, 5) is 23.9. The summed E-state index contributed by atoms with van der Waals surface area (Å²) in [5.74, 6) is -0.521. The third kappa shape index (κ3) is 3.28. The topological polar surface area (TPSA) is 90.0 Å². The van der Waals surface area contributed by atoms with Crippen molar-refractivity contribution in [1.29, 1.82) is 0 Å². The van der Waals surface area contributed by atoms with Crippen molar-refractivity contribution >= 4 is 21.9 Å². The first kappa shape index (κ1) is 17.9. The zero-order valence-electron chi connectivity index (χ0n) is 14.0. The maximum absolute atomic E-state index is 12.4. The summed E-state index contributed by atoms with van der Waals surface area (Å²) in [6.07, 6.45) is 0. The number of fused-ring (bicyclic) bond motifs is 1. The number of benzene rings is 2. The lowest BCUT2D eigenvalue weighted by Gasteiger charge is -2.15. The molecule has 2 aromatic rings. The SMILES string of the molecule is CCOC(=O)c1ccc(OCCN2C(=O)c3ccccc3S2(=O)=O)cc1. The highest BCUT2D eigenvalue weighted by atomic mass is 32.2. The molecule has 26 heavy (non-hydrogen) atoms. The number of hydrogen-bond donors (Lipinski definition) is 0. The standard InChI is InChI=1S/C18H17NO6S/c1-2-24-18(21)13-7-9-14(10-8-13)25-12-11-19-17(20)15-5-3-4-6-16(15)26(19,22)23/h3-10H,2,11-12H2,1H3. The summed E-state index contributed by atoms with van der Waals surface area (Å²) in [6, 6.07) is 12.4. The Balaban J connectivity index is 1.62. The van der Waals surface area contributed by atoms with Gasteiger partial charge in [0.1, 0.15) is 17.3 Å². The molecule has 1 heterocycles. The molecule has 1 aliphatic rings. The van der Waals surface area contributed by atoms with Crippen LogP contribution < -0.4 is 4.74 Å². The number of sulfonamides is 1. The monoisotopic (exact) mass is 375 g/mol. The van der Waals surface area contributed by atoms with Crippen LogP contribution in [0.25, 0.3) is 0 Å². The smallest absolute Gasteiger partial charge is 0.338 e. The van der Waals surface area contributed by atoms with Gasteiger partial charge in [0.05, 0.1) is 24.3 Å². The summed E-state index contributed by atoms with van der Waals surface area (Å²) in [6.45, 7) is 1.91. The molecule has 0 saturated heterocycles. The molecule has 136 valence electrons. The molecular formula is C18H17NO6S. The second kappa shape index (κ2) is 7.17. The van der Waals surface area contributed by atoms with Gasteiger partial charge >= 0.3 is 5.97 Å². The minimum atomic E-state index is -3.83. The Hall–Kier alpha value is -2.87. The Bertz CT molecular complexity index is 936. The highest BCUT2D eigenvalue weighted by Gasteiger charge is 2.40. The van der Waals surface area contributed by atoms with Crippen LogP contribution in [0.1, 0.15) is 27.6 Å². The molecule has 0 unspecified atom stereocenters. The van der Waals surface area contributed by atoms with Crippen LogP contribution in [0.3, 0.4) is 0 Å². The summed E-state index contributed by atoms with van der Waals surface area (Å²) in [5, 5.41) is 0. The van der Waals surface area contributed by atoms with Gasteiger partial charge in [0.25, 0.3) is 15.9 Å². The zero-order chi connectivity index (χ0) is 18.7. The quantitative estimate of drug-likeness (QED) is 0.718. The number of carbonyl (C=O) groups is 2. The maximum atomic E-state index is 12.4. The van der Waals surface area contributed by atoms with Crippen molar-refractivity contribution in [2.45, 2.75) is 11.8 Å². The molecular weight excluding hydrogens is 358 g/mol. The summed E-state index contributed by atoms with van der Waals surface area (Å²) in [5.41, 5.74) is 0.568. The first-order valence-corrected chi connectivity index (χ1v) is 9.45. The van der Waals surface area contributed by atoms with Crippen LogP contribution in [0.2, 0.25) is 0 Å². The lowest BCUT2D eigenvalue weighted by molar-refractivity contribution is 0.0526. The molecule has 1 amide bonds. The van der Waals surface area contributed by atoms with Crippen LogP contribution in [0, 0.1) is 0 Å². The second-order valence-electron chi connectivity index (χ2n) is 5.47. The summed E-state index contributed by atoms with van der Waals surface area (Å²) >= 11 is 0. The van der Waals surface area contributed by atoms with Gasteiger partial charge in [0.2, 0.25) is 0 Å². The summed E-state index contributed by atoms with van der Waals surface area (Å²) < 4.78 is 36.0. The molecule has 0 fully saturated rings. The fourth-order valence-corrected chi connectivity index (χ4v) is 4.15. The van der Waals surface area contributed by atoms with Crippen LogP contribution in [-0.4, -0.2) is 44.4 Å². The number of nitrogens with zero attached hydrogens (tertiary/aromatic N) is 1. The van der Waals surface area contributed by atoms with E-state index in [4.69, 9.17) is 9.47 Å². The number of carbonyl (C=O) groups excluding carboxylic acids is 2. The molecule has 2 aromatic carbocycles. The Morgan fingerprint density at radius 1 is 1.08 bits per heavy atom. The summed E-state index contributed by atoms with van der Waals surface area (Å²) in [7, 11) is -3.83. The van der Waals surface area contributed by atoms with Crippen LogP contribution in [0.15, 0.2) is 53.4 Å². The number of rotatable bonds is 6. The van der Waals surface area contributed by atoms with E-state index >= 15 is 0 Å². The number of ether oxygens (including phenoxy) is 2. The van der Waals surface area contributed by atoms with Gasteiger partial charge < -0.3 is 9.47 Å². The first-order valence-electron chi connectivity index (χ1n) is 8.01. The van der Waals surface area contributed by atoms with E-state index in [1.54, 1.807) is 43.3 Å². The maximum Gasteiger partial charge on any atom is 0.338 e. The molecule has 8 heteroatoms. The zero-order valence-corrected chi connectivity index (χ0v) is 14.9. The minimum Gasteiger partial charge on any atom is -0.492 e. The predicted molar refractivity (Wildman–Crippen MR) is 92.6 cm³/mol. The Labute approximate surface area is 151 Å². The van der Waals surface area contributed by atoms with Gasteiger partial charge in [-0.15, -0.1) is 0 Å². The number of esters is 1. The molecule has 0 aliphatic carbocycles. The van der Waals surface area contributed by atoms with E-state index in [1.807, 2.05) is 0 Å². The van der Waals surface area contributed by atoms with E-state index in [2.05, 4.69) is 0 Å². The van der Waals surface area contributed by atoms with E-state index in [0.717, 1.165) is 4.31 Å². The molecule has 0 spiro atoms. The van der Waals surface area contributed by atoms with Gasteiger partial charge in [-0.25, -0.2) is 17.5 Å². The highest BCUT2D eigenvalue weighted by Crippen LogP contribution is 2.29. The third-order valence-corrected chi connectivity index (χ3v) is 5.68. The minimum absolute atomic E-state index is 0.00227. The van der Waals surface area contributed by atoms with E-state index in [-0.39, 0.29) is 30.2 Å². The average Bonchev–Trinajstić information content (AvgIpc) is 2.83. The van der Waals surface area contributed by atoms with Crippen molar-refractivity contribution in [2.24, 2.45) is 0 Å². The second-order valence-corrected chi connectivity index (χ2v) is 7.30. The van der Waals surface area contributed by atoms with Crippen LogP contribution in [-0.2, 0) is 14.8 Å². The van der Waals surface area contributed by atoms with Crippen LogP contribution >= 0.6 is 0 Å². The molecule has 0 aromatic heterocycles. The van der Waals surface area contributed by atoms with Gasteiger partial charge in [-0.05, 0) is 43.3 Å². The van der Waals surface area contributed by atoms with Gasteiger partial charge in [-0.2, -0.15) is 0 Å². The first-order chi connectivity index (χ1) is 12.4. The molecule has 0 saturated carbocycles. The molecule has 0 atom stereocenters. The Morgan fingerprint density at radius 3 is 2.42 bits per heavy atom. The molecule has 3 rings (SSSR count). The van der Waals surface area contributed by atoms with Gasteiger partial charge in [-0.1, -0.05) is 12.1 Å². The predicted octanol–water partition coefficient (Wildman–Crippen LogP) is 2.09. The van der Waals surface area contributed by atoms with Crippen molar-refractivity contribution in [2.75, 3.05) is 19.8 Å². The fourth-order valence-electron chi connectivity index (χ4n) is 2.60. The largest absolute Gasteiger partial charge is 0.492 e. The lowest BCUT2D eigenvalue weighted by atomic mass is 10.2. The van der Waals surface area contributed by atoms with Crippen LogP contribution in [0.4, 0.5) is 0 Å². The average molecular weight is 375 g/mol. The molecule has 0 radical (unpaired) electrons. The normalized spacial score (nSPS) is 14.8. The van der Waals surface area contributed by atoms with Crippen molar-refractivity contribution < 1.29 is 27.5 Å². The lowest BCUT2D eigenvalue weighted by Crippen LogP contribution is -2.33.